The maximum absolute atomic E-state index is 5.16. The predicted octanol–water partition coefficient (Wildman–Crippen LogP) is 4.98. The van der Waals surface area contributed by atoms with E-state index >= 15 is 0 Å². The fraction of sp³-hybridized carbons (Fsp3) is 0.609. The highest BCUT2D eigenvalue weighted by atomic mass is 15.1. The Hall–Kier alpha value is -1.61. The SMILES string of the molecule is Cc1cc2c3c(c(NC4CCCC4)nc2cc1CN1CCCC1)CCC3. The minimum atomic E-state index is 0.638. The van der Waals surface area contributed by atoms with Crippen LogP contribution in [0.2, 0.25) is 0 Å². The van der Waals surface area contributed by atoms with E-state index in [0.717, 1.165) is 6.54 Å². The Balaban J connectivity index is 1.54. The van der Waals surface area contributed by atoms with Crippen LogP contribution in [0.1, 0.15) is 67.2 Å². The Morgan fingerprint density at radius 2 is 1.77 bits per heavy atom. The molecule has 138 valence electrons. The van der Waals surface area contributed by atoms with Gasteiger partial charge >= 0.3 is 0 Å². The molecule has 0 atom stereocenters. The molecule has 1 saturated carbocycles. The molecule has 1 N–H and O–H groups in total. The second kappa shape index (κ2) is 6.84. The molecule has 0 radical (unpaired) electrons. The van der Waals surface area contributed by atoms with Crippen LogP contribution < -0.4 is 5.32 Å². The molecule has 3 nitrogen and oxygen atoms in total. The molecule has 5 rings (SSSR count). The smallest absolute Gasteiger partial charge is 0.130 e. The summed E-state index contributed by atoms with van der Waals surface area (Å²) in [6.45, 7) is 5.88. The van der Waals surface area contributed by atoms with Crippen LogP contribution in [0.25, 0.3) is 10.9 Å². The molecule has 0 spiro atoms. The third-order valence-corrected chi connectivity index (χ3v) is 6.80. The molecule has 0 amide bonds. The summed E-state index contributed by atoms with van der Waals surface area (Å²) in [5, 5.41) is 5.23. The molecule has 0 bridgehead atoms. The topological polar surface area (TPSA) is 28.2 Å². The van der Waals surface area contributed by atoms with E-state index in [9.17, 15) is 0 Å². The molecule has 2 heterocycles. The number of likely N-dealkylation sites (tertiary alicyclic amines) is 1. The van der Waals surface area contributed by atoms with Crippen LogP contribution in [0.5, 0.6) is 0 Å². The van der Waals surface area contributed by atoms with Crippen molar-refractivity contribution in [2.45, 2.75) is 77.3 Å². The number of anilines is 1. The van der Waals surface area contributed by atoms with Gasteiger partial charge < -0.3 is 5.32 Å². The van der Waals surface area contributed by atoms with Gasteiger partial charge in [0, 0.05) is 18.0 Å². The molecule has 3 aliphatic rings. The van der Waals surface area contributed by atoms with E-state index in [4.69, 9.17) is 4.98 Å². The minimum Gasteiger partial charge on any atom is -0.367 e. The minimum absolute atomic E-state index is 0.638. The highest BCUT2D eigenvalue weighted by Gasteiger charge is 2.23. The zero-order chi connectivity index (χ0) is 17.5. The van der Waals surface area contributed by atoms with E-state index in [2.05, 4.69) is 29.3 Å². The van der Waals surface area contributed by atoms with Crippen molar-refractivity contribution in [3.05, 3.63) is 34.4 Å². The van der Waals surface area contributed by atoms with E-state index in [1.807, 2.05) is 0 Å². The van der Waals surface area contributed by atoms with Gasteiger partial charge in [0.25, 0.3) is 0 Å². The summed E-state index contributed by atoms with van der Waals surface area (Å²) in [6, 6.07) is 5.46. The molecule has 1 aromatic heterocycles. The summed E-state index contributed by atoms with van der Waals surface area (Å²) in [5.74, 6) is 1.20. The van der Waals surface area contributed by atoms with Gasteiger partial charge in [0.05, 0.1) is 5.52 Å². The number of rotatable bonds is 4. The summed E-state index contributed by atoms with van der Waals surface area (Å²) >= 11 is 0. The van der Waals surface area contributed by atoms with E-state index in [1.54, 1.807) is 5.56 Å². The molecule has 1 aromatic carbocycles. The Kier molecular flexibility index (Phi) is 4.36. The van der Waals surface area contributed by atoms with Crippen molar-refractivity contribution in [2.75, 3.05) is 18.4 Å². The Labute approximate surface area is 157 Å². The lowest BCUT2D eigenvalue weighted by Crippen LogP contribution is -2.19. The first-order chi connectivity index (χ1) is 12.8. The van der Waals surface area contributed by atoms with Crippen molar-refractivity contribution < 1.29 is 0 Å². The highest BCUT2D eigenvalue weighted by Crippen LogP contribution is 2.36. The van der Waals surface area contributed by atoms with Gasteiger partial charge in [-0.1, -0.05) is 12.8 Å². The largest absolute Gasteiger partial charge is 0.367 e. The van der Waals surface area contributed by atoms with E-state index in [1.165, 1.54) is 104 Å². The Morgan fingerprint density at radius 1 is 1.00 bits per heavy atom. The number of nitrogens with one attached hydrogen (secondary N) is 1. The number of aromatic nitrogens is 1. The van der Waals surface area contributed by atoms with Gasteiger partial charge in [-0.15, -0.1) is 0 Å². The zero-order valence-electron chi connectivity index (χ0n) is 16.1. The number of benzene rings is 1. The molecule has 26 heavy (non-hydrogen) atoms. The maximum Gasteiger partial charge on any atom is 0.130 e. The van der Waals surface area contributed by atoms with E-state index < -0.39 is 0 Å². The average Bonchev–Trinajstić information content (AvgIpc) is 3.38. The van der Waals surface area contributed by atoms with Crippen molar-refractivity contribution in [2.24, 2.45) is 0 Å². The second-order valence-electron chi connectivity index (χ2n) is 8.68. The van der Waals surface area contributed by atoms with E-state index in [-0.39, 0.29) is 0 Å². The van der Waals surface area contributed by atoms with Crippen LogP contribution >= 0.6 is 0 Å². The molecule has 2 fully saturated rings. The number of aryl methyl sites for hydroxylation is 2. The molecular formula is C23H31N3. The van der Waals surface area contributed by atoms with Gasteiger partial charge in [0.2, 0.25) is 0 Å². The quantitative estimate of drug-likeness (QED) is 0.843. The summed E-state index contributed by atoms with van der Waals surface area (Å²) in [4.78, 5) is 7.75. The summed E-state index contributed by atoms with van der Waals surface area (Å²) in [5.41, 5.74) is 7.21. The standard InChI is InChI=1S/C23H31N3/c1-16-13-21-19-9-6-10-20(19)23(24-18-7-2-3-8-18)25-22(21)14-17(16)15-26-11-4-5-12-26/h13-14,18H,2-12,15H2,1H3,(H,24,25). The Bertz CT molecular complexity index is 814. The fourth-order valence-corrected chi connectivity index (χ4v) is 5.30. The van der Waals surface area contributed by atoms with Crippen LogP contribution in [0.3, 0.4) is 0 Å². The molecule has 2 aromatic rings. The van der Waals surface area contributed by atoms with Gasteiger partial charge in [-0.05, 0) is 99.3 Å². The lowest BCUT2D eigenvalue weighted by Gasteiger charge is -2.20. The molecular weight excluding hydrogens is 318 g/mol. The van der Waals surface area contributed by atoms with Gasteiger partial charge in [0.1, 0.15) is 5.82 Å². The average molecular weight is 350 g/mol. The van der Waals surface area contributed by atoms with Gasteiger partial charge in [-0.2, -0.15) is 0 Å². The molecule has 0 unspecified atom stereocenters. The van der Waals surface area contributed by atoms with Crippen molar-refractivity contribution in [3.8, 4) is 0 Å². The molecule has 3 heteroatoms. The third-order valence-electron chi connectivity index (χ3n) is 6.80. The number of nitrogens with zero attached hydrogens (tertiary/aromatic N) is 2. The van der Waals surface area contributed by atoms with Crippen molar-refractivity contribution in [3.63, 3.8) is 0 Å². The molecule has 1 saturated heterocycles. The maximum atomic E-state index is 5.16. The number of pyridine rings is 1. The second-order valence-corrected chi connectivity index (χ2v) is 8.68. The first kappa shape index (κ1) is 16.6. The van der Waals surface area contributed by atoms with Gasteiger partial charge in [-0.25, -0.2) is 4.98 Å². The van der Waals surface area contributed by atoms with Crippen molar-refractivity contribution in [1.82, 2.24) is 9.88 Å². The lowest BCUT2D eigenvalue weighted by atomic mass is 9.99. The number of hydrogen-bond acceptors (Lipinski definition) is 3. The number of hydrogen-bond donors (Lipinski definition) is 1. The van der Waals surface area contributed by atoms with Crippen LogP contribution in [-0.4, -0.2) is 29.0 Å². The van der Waals surface area contributed by atoms with Crippen LogP contribution in [-0.2, 0) is 19.4 Å². The van der Waals surface area contributed by atoms with Crippen molar-refractivity contribution in [1.29, 1.82) is 0 Å². The van der Waals surface area contributed by atoms with Crippen LogP contribution in [0.4, 0.5) is 5.82 Å². The zero-order valence-corrected chi connectivity index (χ0v) is 16.1. The number of fused-ring (bicyclic) bond motifs is 3. The highest BCUT2D eigenvalue weighted by molar-refractivity contribution is 5.88. The fourth-order valence-electron chi connectivity index (χ4n) is 5.30. The predicted molar refractivity (Wildman–Crippen MR) is 109 cm³/mol. The van der Waals surface area contributed by atoms with Crippen molar-refractivity contribution >= 4 is 16.7 Å². The lowest BCUT2D eigenvalue weighted by molar-refractivity contribution is 0.331. The Morgan fingerprint density at radius 3 is 2.58 bits per heavy atom. The summed E-state index contributed by atoms with van der Waals surface area (Å²) < 4.78 is 0. The van der Waals surface area contributed by atoms with E-state index in [0.29, 0.717) is 6.04 Å². The van der Waals surface area contributed by atoms with Crippen LogP contribution in [0, 0.1) is 6.92 Å². The molecule has 2 aliphatic carbocycles. The first-order valence-electron chi connectivity index (χ1n) is 10.7. The monoisotopic (exact) mass is 349 g/mol. The third kappa shape index (κ3) is 3.00. The van der Waals surface area contributed by atoms with Crippen LogP contribution in [0.15, 0.2) is 12.1 Å². The first-order valence-corrected chi connectivity index (χ1v) is 10.7. The normalized spacial score (nSPS) is 21.0. The summed E-state index contributed by atoms with van der Waals surface area (Å²) in [7, 11) is 0. The van der Waals surface area contributed by atoms with Gasteiger partial charge in [0.15, 0.2) is 0 Å². The van der Waals surface area contributed by atoms with Gasteiger partial charge in [-0.3, -0.25) is 4.90 Å². The summed E-state index contributed by atoms with van der Waals surface area (Å²) in [6.07, 6.45) is 11.8. The molecule has 1 aliphatic heterocycles.